The van der Waals surface area contributed by atoms with E-state index < -0.39 is 0 Å². The Balaban J connectivity index is 1.88. The Kier molecular flexibility index (Phi) is 4.20. The molecule has 5 heteroatoms. The summed E-state index contributed by atoms with van der Waals surface area (Å²) in [4.78, 5) is 11.4. The zero-order valence-electron chi connectivity index (χ0n) is 12.7. The fourth-order valence-electron chi connectivity index (χ4n) is 2.64. The minimum atomic E-state index is 0.244. The van der Waals surface area contributed by atoms with Crippen molar-refractivity contribution < 1.29 is 4.74 Å². The number of para-hydroxylation sites is 1. The maximum atomic E-state index is 6.19. The fourth-order valence-corrected chi connectivity index (χ4v) is 2.64. The van der Waals surface area contributed by atoms with Crippen molar-refractivity contribution in [2.24, 2.45) is 0 Å². The van der Waals surface area contributed by atoms with Gasteiger partial charge in [-0.25, -0.2) is 4.98 Å². The first-order chi connectivity index (χ1) is 10.3. The number of benzene rings is 1. The Hall–Kier alpha value is -1.88. The van der Waals surface area contributed by atoms with Gasteiger partial charge in [0.1, 0.15) is 6.10 Å². The molecule has 0 unspecified atom stereocenters. The zero-order valence-corrected chi connectivity index (χ0v) is 12.7. The number of likely N-dealkylation sites (tertiary alicyclic amines) is 1. The van der Waals surface area contributed by atoms with Gasteiger partial charge in [-0.3, -0.25) is 0 Å². The third-order valence-electron chi connectivity index (χ3n) is 3.85. The minimum Gasteiger partial charge on any atom is -0.474 e. The van der Waals surface area contributed by atoms with Gasteiger partial charge in [0, 0.05) is 19.6 Å². The summed E-state index contributed by atoms with van der Waals surface area (Å²) in [6.07, 6.45) is 2.34. The molecule has 5 nitrogen and oxygen atoms in total. The lowest BCUT2D eigenvalue weighted by Crippen LogP contribution is -2.35. The molecule has 1 aromatic carbocycles. The Bertz CT molecular complexity index is 608. The zero-order chi connectivity index (χ0) is 14.7. The van der Waals surface area contributed by atoms with E-state index in [1.54, 1.807) is 0 Å². The smallest absolute Gasteiger partial charge is 0.226 e. The second-order valence-electron chi connectivity index (χ2n) is 5.52. The lowest BCUT2D eigenvalue weighted by molar-refractivity contribution is 0.111. The van der Waals surface area contributed by atoms with Crippen LogP contribution in [-0.4, -0.2) is 47.7 Å². The molecule has 0 bridgehead atoms. The minimum absolute atomic E-state index is 0.244. The molecule has 21 heavy (non-hydrogen) atoms. The summed E-state index contributed by atoms with van der Waals surface area (Å²) in [6.45, 7) is 4.99. The van der Waals surface area contributed by atoms with Gasteiger partial charge in [0.05, 0.1) is 10.9 Å². The maximum Gasteiger partial charge on any atom is 0.226 e. The van der Waals surface area contributed by atoms with Gasteiger partial charge in [-0.05, 0) is 38.9 Å². The van der Waals surface area contributed by atoms with Crippen LogP contribution in [0.2, 0.25) is 0 Å². The largest absolute Gasteiger partial charge is 0.474 e. The number of fused-ring (bicyclic) bond motifs is 1. The van der Waals surface area contributed by atoms with Crippen LogP contribution in [0.5, 0.6) is 5.88 Å². The number of anilines is 1. The van der Waals surface area contributed by atoms with E-state index in [0.29, 0.717) is 11.8 Å². The number of ether oxygens (including phenoxy) is 1. The topological polar surface area (TPSA) is 50.3 Å². The van der Waals surface area contributed by atoms with Crippen molar-refractivity contribution in [2.45, 2.75) is 25.9 Å². The van der Waals surface area contributed by atoms with E-state index in [1.165, 1.54) is 0 Å². The average molecular weight is 286 g/mol. The van der Waals surface area contributed by atoms with Gasteiger partial charge >= 0.3 is 0 Å². The molecular formula is C16H22N4O. The van der Waals surface area contributed by atoms with Crippen LogP contribution in [0.15, 0.2) is 24.3 Å². The van der Waals surface area contributed by atoms with Crippen molar-refractivity contribution in [3.8, 4) is 5.88 Å². The first-order valence-electron chi connectivity index (χ1n) is 7.62. The van der Waals surface area contributed by atoms with Gasteiger partial charge in [0.25, 0.3) is 0 Å². The Morgan fingerprint density at radius 1 is 1.24 bits per heavy atom. The summed E-state index contributed by atoms with van der Waals surface area (Å²) in [5.74, 6) is 1.34. The first-order valence-corrected chi connectivity index (χ1v) is 7.62. The summed E-state index contributed by atoms with van der Waals surface area (Å²) in [5.41, 5.74) is 0.923. The third kappa shape index (κ3) is 3.24. The van der Waals surface area contributed by atoms with Gasteiger partial charge < -0.3 is 15.0 Å². The van der Waals surface area contributed by atoms with E-state index in [9.17, 15) is 0 Å². The molecule has 1 fully saturated rings. The molecule has 1 aliphatic rings. The van der Waals surface area contributed by atoms with E-state index >= 15 is 0 Å². The van der Waals surface area contributed by atoms with Gasteiger partial charge in [0.2, 0.25) is 11.8 Å². The van der Waals surface area contributed by atoms with E-state index in [0.717, 1.165) is 43.4 Å². The van der Waals surface area contributed by atoms with Crippen molar-refractivity contribution in [1.29, 1.82) is 0 Å². The number of nitrogens with one attached hydrogen (secondary N) is 1. The summed E-state index contributed by atoms with van der Waals surface area (Å²) in [5, 5.41) is 4.16. The van der Waals surface area contributed by atoms with Crippen LogP contribution in [0, 0.1) is 0 Å². The lowest BCUT2D eigenvalue weighted by Gasteiger charge is -2.29. The molecule has 0 aliphatic carbocycles. The molecule has 1 aliphatic heterocycles. The molecule has 2 heterocycles. The van der Waals surface area contributed by atoms with Crippen molar-refractivity contribution in [3.05, 3.63) is 24.3 Å². The van der Waals surface area contributed by atoms with Crippen LogP contribution in [-0.2, 0) is 0 Å². The highest BCUT2D eigenvalue weighted by atomic mass is 16.5. The second kappa shape index (κ2) is 6.26. The lowest BCUT2D eigenvalue weighted by atomic mass is 10.1. The quantitative estimate of drug-likeness (QED) is 0.936. The summed E-state index contributed by atoms with van der Waals surface area (Å²) >= 11 is 0. The van der Waals surface area contributed by atoms with Gasteiger partial charge in [-0.1, -0.05) is 12.1 Å². The predicted molar refractivity (Wildman–Crippen MR) is 84.8 cm³/mol. The molecular weight excluding hydrogens is 264 g/mol. The van der Waals surface area contributed by atoms with Crippen LogP contribution >= 0.6 is 0 Å². The Labute approximate surface area is 125 Å². The van der Waals surface area contributed by atoms with Gasteiger partial charge in [0.15, 0.2) is 0 Å². The second-order valence-corrected chi connectivity index (χ2v) is 5.52. The van der Waals surface area contributed by atoms with Crippen LogP contribution in [0.3, 0.4) is 0 Å². The van der Waals surface area contributed by atoms with Gasteiger partial charge in [-0.2, -0.15) is 4.98 Å². The fraction of sp³-hybridized carbons (Fsp3) is 0.500. The third-order valence-corrected chi connectivity index (χ3v) is 3.85. The van der Waals surface area contributed by atoms with Crippen LogP contribution in [0.25, 0.3) is 10.9 Å². The molecule has 1 aromatic heterocycles. The van der Waals surface area contributed by atoms with Crippen LogP contribution in [0.1, 0.15) is 19.8 Å². The highest BCUT2D eigenvalue weighted by molar-refractivity contribution is 5.84. The molecule has 2 aromatic rings. The molecule has 0 radical (unpaired) electrons. The molecule has 0 spiro atoms. The predicted octanol–water partition coefficient (Wildman–Crippen LogP) is 2.53. The summed E-state index contributed by atoms with van der Waals surface area (Å²) in [7, 11) is 2.15. The molecule has 0 saturated carbocycles. The van der Waals surface area contributed by atoms with Crippen LogP contribution in [0.4, 0.5) is 5.95 Å². The highest BCUT2D eigenvalue weighted by Crippen LogP contribution is 2.26. The SMILES string of the molecule is CCNc1nc(OC2CCN(C)CC2)c2ccccc2n1. The Morgan fingerprint density at radius 3 is 2.76 bits per heavy atom. The maximum absolute atomic E-state index is 6.19. The first kappa shape index (κ1) is 14.1. The van der Waals surface area contributed by atoms with Crippen molar-refractivity contribution in [1.82, 2.24) is 14.9 Å². The summed E-state index contributed by atoms with van der Waals surface area (Å²) < 4.78 is 6.19. The Morgan fingerprint density at radius 2 is 2.00 bits per heavy atom. The normalized spacial score (nSPS) is 17.0. The number of hydrogen-bond acceptors (Lipinski definition) is 5. The van der Waals surface area contributed by atoms with Crippen molar-refractivity contribution in [3.63, 3.8) is 0 Å². The monoisotopic (exact) mass is 286 g/mol. The molecule has 0 atom stereocenters. The van der Waals surface area contributed by atoms with E-state index in [4.69, 9.17) is 4.74 Å². The van der Waals surface area contributed by atoms with E-state index in [-0.39, 0.29) is 6.10 Å². The highest BCUT2D eigenvalue weighted by Gasteiger charge is 2.20. The number of piperidine rings is 1. The molecule has 3 rings (SSSR count). The summed E-state index contributed by atoms with van der Waals surface area (Å²) in [6, 6.07) is 8.01. The number of aromatic nitrogens is 2. The standard InChI is InChI=1S/C16H22N4O/c1-3-17-16-18-14-7-5-4-6-13(14)15(19-16)21-12-8-10-20(2)11-9-12/h4-7,12H,3,8-11H2,1-2H3,(H,17,18,19). The van der Waals surface area contributed by atoms with Gasteiger partial charge in [-0.15, -0.1) is 0 Å². The van der Waals surface area contributed by atoms with Crippen molar-refractivity contribution >= 4 is 16.9 Å². The molecule has 112 valence electrons. The van der Waals surface area contributed by atoms with Crippen LogP contribution < -0.4 is 10.1 Å². The average Bonchev–Trinajstić information content (AvgIpc) is 2.50. The number of nitrogens with zero attached hydrogens (tertiary/aromatic N) is 3. The van der Waals surface area contributed by atoms with Crippen molar-refractivity contribution in [2.75, 3.05) is 32.0 Å². The van der Waals surface area contributed by atoms with E-state index in [1.807, 2.05) is 31.2 Å². The molecule has 1 N–H and O–H groups in total. The molecule has 0 amide bonds. The number of hydrogen-bond donors (Lipinski definition) is 1. The molecule has 1 saturated heterocycles. The number of rotatable bonds is 4. The van der Waals surface area contributed by atoms with E-state index in [2.05, 4.69) is 27.2 Å².